The fraction of sp³-hybridized carbons (Fsp3) is 0. The van der Waals surface area contributed by atoms with Gasteiger partial charge in [0, 0.05) is 88.4 Å². The van der Waals surface area contributed by atoms with Crippen molar-refractivity contribution in [1.29, 1.82) is 0 Å². The molecular formula is C86H52N8. The third-order valence-electron chi connectivity index (χ3n) is 19.5. The van der Waals surface area contributed by atoms with Crippen LogP contribution in [0.4, 0.5) is 0 Å². The molecule has 0 aliphatic rings. The lowest BCUT2D eigenvalue weighted by Crippen LogP contribution is -2.01. The van der Waals surface area contributed by atoms with Crippen LogP contribution in [0.2, 0.25) is 0 Å². The van der Waals surface area contributed by atoms with Crippen LogP contribution in [0.25, 0.3) is 187 Å². The second kappa shape index (κ2) is 20.4. The van der Waals surface area contributed by atoms with Crippen LogP contribution in [0.5, 0.6) is 0 Å². The molecule has 0 bridgehead atoms. The van der Waals surface area contributed by atoms with Crippen molar-refractivity contribution in [2.24, 2.45) is 0 Å². The summed E-state index contributed by atoms with van der Waals surface area (Å²) < 4.78 is 9.26. The summed E-state index contributed by atoms with van der Waals surface area (Å²) in [6.45, 7) is 0. The van der Waals surface area contributed by atoms with Crippen LogP contribution in [0.3, 0.4) is 0 Å². The molecule has 0 radical (unpaired) electrons. The summed E-state index contributed by atoms with van der Waals surface area (Å²) in [5, 5.41) is 21.3. The van der Waals surface area contributed by atoms with E-state index in [0.29, 0.717) is 11.9 Å². The second-order valence-corrected chi connectivity index (χ2v) is 24.4. The Morgan fingerprint density at radius 1 is 0.181 bits per heavy atom. The van der Waals surface area contributed by atoms with Crippen molar-refractivity contribution < 1.29 is 0 Å². The van der Waals surface area contributed by atoms with Gasteiger partial charge in [-0.25, -0.2) is 19.9 Å². The van der Waals surface area contributed by atoms with E-state index in [1.54, 1.807) is 0 Å². The van der Waals surface area contributed by atoms with Crippen LogP contribution in [-0.2, 0) is 0 Å². The minimum absolute atomic E-state index is 0.670. The Kier molecular flexibility index (Phi) is 11.3. The van der Waals surface area contributed by atoms with Gasteiger partial charge in [0.2, 0.25) is 11.9 Å². The smallest absolute Gasteiger partial charge is 0.235 e. The van der Waals surface area contributed by atoms with Gasteiger partial charge in [-0.1, -0.05) is 231 Å². The number of nitrogens with zero attached hydrogens (tertiary/aromatic N) is 8. The molecule has 6 aromatic heterocycles. The Morgan fingerprint density at radius 2 is 0.447 bits per heavy atom. The van der Waals surface area contributed by atoms with Gasteiger partial charge in [-0.2, -0.15) is 0 Å². The molecule has 0 aliphatic carbocycles. The first-order chi connectivity index (χ1) is 46.7. The Labute approximate surface area is 537 Å². The van der Waals surface area contributed by atoms with E-state index in [1.165, 1.54) is 109 Å². The lowest BCUT2D eigenvalue weighted by atomic mass is 9.98. The molecule has 94 heavy (non-hydrogen) atoms. The topological polar surface area (TPSA) is 71.3 Å². The van der Waals surface area contributed by atoms with E-state index in [1.807, 2.05) is 12.4 Å². The molecule has 21 aromatic rings. The molecule has 8 nitrogen and oxygen atoms in total. The minimum Gasteiger partial charge on any atom is -0.309 e. The quantitative estimate of drug-likeness (QED) is 0.161. The van der Waals surface area contributed by atoms with Crippen LogP contribution >= 0.6 is 0 Å². The zero-order valence-electron chi connectivity index (χ0n) is 50.6. The van der Waals surface area contributed by atoms with E-state index in [4.69, 9.17) is 19.9 Å². The monoisotopic (exact) mass is 1200 g/mol. The van der Waals surface area contributed by atoms with E-state index >= 15 is 0 Å². The molecule has 8 heteroatoms. The van der Waals surface area contributed by atoms with Gasteiger partial charge >= 0.3 is 0 Å². The molecule has 0 saturated heterocycles. The molecule has 0 N–H and O–H groups in total. The van der Waals surface area contributed by atoms with Gasteiger partial charge in [-0.3, -0.25) is 9.13 Å². The summed E-state index contributed by atoms with van der Waals surface area (Å²) in [5.41, 5.74) is 15.7. The average molecular weight is 1200 g/mol. The molecule has 0 unspecified atom stereocenters. The molecule has 21 rings (SSSR count). The van der Waals surface area contributed by atoms with Gasteiger partial charge in [0.1, 0.15) is 0 Å². The number of para-hydroxylation sites is 5. The molecule has 15 aromatic carbocycles. The number of hydrogen-bond donors (Lipinski definition) is 0. The number of hydrogen-bond acceptors (Lipinski definition) is 4. The van der Waals surface area contributed by atoms with Crippen LogP contribution in [0.1, 0.15) is 0 Å². The standard InChI is InChI=1S/C46H28N4.C40H24N4/c1-2-12-29(13-3-1)30-22-24-31(25-23-30)49-39-20-10-8-18-36(39)43-41(49)26-27-42-44(43)37-19-9-11-21-40(37)50(42)46-47-28-38-34-16-5-4-14-32(34)33-15-6-7-17-35(33)45(38)48-46;1-2-12-25(13-3-1)43-33-20-10-8-18-30(33)37-35(43)22-23-36-38(37)31-19-9-11-21-34(31)44(36)40-41-24-32-28-16-5-4-14-26(28)27-15-6-7-17-29(27)39(32)42-40/h1-28H;1-24H. The lowest BCUT2D eigenvalue weighted by Gasteiger charge is -2.12. The van der Waals surface area contributed by atoms with Crippen molar-refractivity contribution in [3.05, 3.63) is 316 Å². The Balaban J connectivity index is 0.000000130. The molecule has 0 atom stereocenters. The zero-order valence-corrected chi connectivity index (χ0v) is 50.6. The van der Waals surface area contributed by atoms with Gasteiger partial charge in [0.05, 0.1) is 55.2 Å². The first-order valence-electron chi connectivity index (χ1n) is 32.0. The molecule has 0 spiro atoms. The summed E-state index contributed by atoms with van der Waals surface area (Å²) in [4.78, 5) is 20.8. The van der Waals surface area contributed by atoms with Gasteiger partial charge < -0.3 is 9.13 Å². The summed E-state index contributed by atoms with van der Waals surface area (Å²) >= 11 is 0. The zero-order chi connectivity index (χ0) is 61.5. The molecule has 0 amide bonds. The fourth-order valence-electron chi connectivity index (χ4n) is 15.6. The van der Waals surface area contributed by atoms with Gasteiger partial charge in [0.15, 0.2) is 0 Å². The predicted octanol–water partition coefficient (Wildman–Crippen LogP) is 21.9. The van der Waals surface area contributed by atoms with Crippen molar-refractivity contribution in [3.8, 4) is 34.4 Å². The minimum atomic E-state index is 0.670. The van der Waals surface area contributed by atoms with Gasteiger partial charge in [-0.05, 0) is 116 Å². The molecule has 0 aliphatic heterocycles. The number of fused-ring (bicyclic) bond motifs is 26. The van der Waals surface area contributed by atoms with Crippen molar-refractivity contribution in [1.82, 2.24) is 38.2 Å². The third kappa shape index (κ3) is 7.56. The van der Waals surface area contributed by atoms with Crippen molar-refractivity contribution in [2.75, 3.05) is 0 Å². The highest BCUT2D eigenvalue weighted by atomic mass is 15.2. The summed E-state index contributed by atoms with van der Waals surface area (Å²) in [6, 6.07) is 108. The summed E-state index contributed by atoms with van der Waals surface area (Å²) in [7, 11) is 0. The molecule has 0 saturated carbocycles. The largest absolute Gasteiger partial charge is 0.309 e. The summed E-state index contributed by atoms with van der Waals surface area (Å²) in [5.74, 6) is 1.35. The highest BCUT2D eigenvalue weighted by Gasteiger charge is 2.25. The Morgan fingerprint density at radius 3 is 0.830 bits per heavy atom. The molecule has 0 fully saturated rings. The summed E-state index contributed by atoms with van der Waals surface area (Å²) in [6.07, 6.45) is 4.02. The van der Waals surface area contributed by atoms with Crippen LogP contribution < -0.4 is 0 Å². The van der Waals surface area contributed by atoms with Crippen molar-refractivity contribution in [2.45, 2.75) is 0 Å². The second-order valence-electron chi connectivity index (χ2n) is 24.4. The third-order valence-corrected chi connectivity index (χ3v) is 19.5. The number of benzene rings is 15. The average Bonchev–Trinajstić information content (AvgIpc) is 1.54. The highest BCUT2D eigenvalue weighted by molar-refractivity contribution is 6.31. The van der Waals surface area contributed by atoms with Crippen molar-refractivity contribution in [3.63, 3.8) is 0 Å². The van der Waals surface area contributed by atoms with Crippen LogP contribution in [-0.4, -0.2) is 38.2 Å². The highest BCUT2D eigenvalue weighted by Crippen LogP contribution is 2.46. The van der Waals surface area contributed by atoms with Crippen molar-refractivity contribution >= 4 is 152 Å². The van der Waals surface area contributed by atoms with E-state index in [2.05, 4.69) is 322 Å². The first-order valence-corrected chi connectivity index (χ1v) is 32.0. The normalized spacial score (nSPS) is 12.0. The van der Waals surface area contributed by atoms with Gasteiger partial charge in [-0.15, -0.1) is 0 Å². The van der Waals surface area contributed by atoms with Crippen LogP contribution in [0, 0.1) is 0 Å². The van der Waals surface area contributed by atoms with E-state index in [0.717, 1.165) is 66.0 Å². The van der Waals surface area contributed by atoms with E-state index in [-0.39, 0.29) is 0 Å². The SMILES string of the molecule is c1ccc(-c2ccc(-n3c4ccccc4c4c5c6ccccc6n(-c6ncc7c8ccccc8c8ccccc8c7n6)c5ccc43)cc2)cc1.c1ccc(-n2c3ccccc3c3c4c5ccccc5n(-c5ncc6c7ccccc7c7ccccc7c6n5)c4ccc32)cc1. The maximum atomic E-state index is 5.37. The number of aromatic nitrogens is 8. The Bertz CT molecular complexity index is 6640. The molecule has 436 valence electrons. The molecular weight excluding hydrogens is 1150 g/mol. The predicted molar refractivity (Wildman–Crippen MR) is 392 cm³/mol. The lowest BCUT2D eigenvalue weighted by molar-refractivity contribution is 1.01. The van der Waals surface area contributed by atoms with E-state index < -0.39 is 0 Å². The van der Waals surface area contributed by atoms with Gasteiger partial charge in [0.25, 0.3) is 0 Å². The van der Waals surface area contributed by atoms with Crippen LogP contribution in [0.15, 0.2) is 316 Å². The number of rotatable bonds is 5. The maximum absolute atomic E-state index is 5.37. The molecule has 6 heterocycles. The fourth-order valence-corrected chi connectivity index (χ4v) is 15.6. The first kappa shape index (κ1) is 52.0. The Hall–Kier alpha value is -12.8. The maximum Gasteiger partial charge on any atom is 0.235 e. The van der Waals surface area contributed by atoms with E-state index in [9.17, 15) is 0 Å².